The van der Waals surface area contributed by atoms with Crippen LogP contribution in [0, 0.1) is 0 Å². The van der Waals surface area contributed by atoms with Crippen molar-refractivity contribution in [2.45, 2.75) is 18.9 Å². The van der Waals surface area contributed by atoms with E-state index in [1.54, 1.807) is 30.5 Å². The van der Waals surface area contributed by atoms with E-state index >= 15 is 0 Å². The van der Waals surface area contributed by atoms with Gasteiger partial charge >= 0.3 is 0 Å². The van der Waals surface area contributed by atoms with Crippen LogP contribution in [0.15, 0.2) is 36.7 Å². The third-order valence-corrected chi connectivity index (χ3v) is 3.36. The quantitative estimate of drug-likeness (QED) is 0.873. The monoisotopic (exact) mass is 299 g/mol. The number of ether oxygens (including phenoxy) is 1. The first-order valence-corrected chi connectivity index (χ1v) is 7.22. The molecule has 2 aromatic rings. The topological polar surface area (TPSA) is 89.0 Å². The normalized spacial score (nSPS) is 17.2. The summed E-state index contributed by atoms with van der Waals surface area (Å²) in [7, 11) is 0. The SMILES string of the molecule is O=C(Nc1ccc(NCC2CCCO2)nn1)c1cccnc1. The van der Waals surface area contributed by atoms with Crippen LogP contribution in [0.4, 0.5) is 11.6 Å². The molecule has 0 aromatic carbocycles. The number of amides is 1. The Morgan fingerprint density at radius 3 is 2.82 bits per heavy atom. The van der Waals surface area contributed by atoms with Gasteiger partial charge in [0, 0.05) is 25.5 Å². The second kappa shape index (κ2) is 6.95. The van der Waals surface area contributed by atoms with E-state index in [0.717, 1.165) is 26.0 Å². The lowest BCUT2D eigenvalue weighted by Crippen LogP contribution is -2.19. The summed E-state index contributed by atoms with van der Waals surface area (Å²) in [5.74, 6) is 0.800. The van der Waals surface area contributed by atoms with E-state index in [0.29, 0.717) is 17.2 Å². The maximum Gasteiger partial charge on any atom is 0.258 e. The van der Waals surface area contributed by atoms with Crippen molar-refractivity contribution in [2.75, 3.05) is 23.8 Å². The van der Waals surface area contributed by atoms with Gasteiger partial charge in [-0.15, -0.1) is 10.2 Å². The molecular weight excluding hydrogens is 282 g/mol. The maximum atomic E-state index is 11.9. The standard InChI is InChI=1S/C15H17N5O2/c21-15(11-3-1-7-16-9-11)18-14-6-5-13(19-20-14)17-10-12-4-2-8-22-12/h1,3,5-7,9,12H,2,4,8,10H2,(H,17,19)(H,18,20,21). The molecule has 114 valence electrons. The zero-order valence-electron chi connectivity index (χ0n) is 12.0. The number of pyridine rings is 1. The molecule has 1 saturated heterocycles. The van der Waals surface area contributed by atoms with Gasteiger partial charge in [0.2, 0.25) is 0 Å². The van der Waals surface area contributed by atoms with E-state index in [4.69, 9.17) is 4.74 Å². The van der Waals surface area contributed by atoms with Crippen molar-refractivity contribution in [3.63, 3.8) is 0 Å². The lowest BCUT2D eigenvalue weighted by Gasteiger charge is -2.11. The molecule has 0 bridgehead atoms. The van der Waals surface area contributed by atoms with Gasteiger partial charge in [0.1, 0.15) is 5.82 Å². The molecule has 0 saturated carbocycles. The number of hydrogen-bond donors (Lipinski definition) is 2. The molecule has 2 N–H and O–H groups in total. The highest BCUT2D eigenvalue weighted by molar-refractivity contribution is 6.03. The van der Waals surface area contributed by atoms with Gasteiger partial charge in [0.25, 0.3) is 5.91 Å². The number of aromatic nitrogens is 3. The fourth-order valence-corrected chi connectivity index (χ4v) is 2.20. The minimum atomic E-state index is -0.262. The van der Waals surface area contributed by atoms with Gasteiger partial charge < -0.3 is 15.4 Å². The largest absolute Gasteiger partial charge is 0.376 e. The Morgan fingerprint density at radius 1 is 1.27 bits per heavy atom. The minimum Gasteiger partial charge on any atom is -0.376 e. The molecule has 1 aliphatic heterocycles. The Bertz CT molecular complexity index is 612. The molecule has 0 radical (unpaired) electrons. The van der Waals surface area contributed by atoms with Gasteiger partial charge in [0.15, 0.2) is 5.82 Å². The van der Waals surface area contributed by atoms with Crippen LogP contribution < -0.4 is 10.6 Å². The van der Waals surface area contributed by atoms with Crippen molar-refractivity contribution < 1.29 is 9.53 Å². The summed E-state index contributed by atoms with van der Waals surface area (Å²) in [5, 5.41) is 13.9. The first-order valence-electron chi connectivity index (χ1n) is 7.22. The van der Waals surface area contributed by atoms with Gasteiger partial charge in [-0.25, -0.2) is 0 Å². The van der Waals surface area contributed by atoms with Crippen LogP contribution in [-0.2, 0) is 4.74 Å². The van der Waals surface area contributed by atoms with Crippen molar-refractivity contribution in [2.24, 2.45) is 0 Å². The molecule has 7 heteroatoms. The predicted octanol–water partition coefficient (Wildman–Crippen LogP) is 1.71. The molecule has 0 aliphatic carbocycles. The zero-order valence-corrected chi connectivity index (χ0v) is 12.0. The number of hydrogen-bond acceptors (Lipinski definition) is 6. The highest BCUT2D eigenvalue weighted by Crippen LogP contribution is 2.13. The van der Waals surface area contributed by atoms with Crippen LogP contribution >= 0.6 is 0 Å². The average molecular weight is 299 g/mol. The van der Waals surface area contributed by atoms with E-state index in [-0.39, 0.29) is 12.0 Å². The van der Waals surface area contributed by atoms with Gasteiger partial charge in [0.05, 0.1) is 11.7 Å². The second-order valence-corrected chi connectivity index (χ2v) is 5.02. The highest BCUT2D eigenvalue weighted by atomic mass is 16.5. The van der Waals surface area contributed by atoms with Crippen LogP contribution in [-0.4, -0.2) is 40.3 Å². The first-order chi connectivity index (χ1) is 10.8. The average Bonchev–Trinajstić information content (AvgIpc) is 3.08. The Balaban J connectivity index is 1.53. The molecule has 0 spiro atoms. The fourth-order valence-electron chi connectivity index (χ4n) is 2.20. The number of nitrogens with zero attached hydrogens (tertiary/aromatic N) is 3. The summed E-state index contributed by atoms with van der Waals surface area (Å²) >= 11 is 0. The molecule has 1 unspecified atom stereocenters. The van der Waals surface area contributed by atoms with E-state index < -0.39 is 0 Å². The third-order valence-electron chi connectivity index (χ3n) is 3.36. The lowest BCUT2D eigenvalue weighted by molar-refractivity contribution is 0.102. The van der Waals surface area contributed by atoms with Crippen LogP contribution in [0.1, 0.15) is 23.2 Å². The Hall–Kier alpha value is -2.54. The Kier molecular flexibility index (Phi) is 4.55. The summed E-state index contributed by atoms with van der Waals surface area (Å²) in [4.78, 5) is 15.9. The number of nitrogens with one attached hydrogen (secondary N) is 2. The molecule has 1 atom stereocenters. The Labute approximate surface area is 128 Å². The molecule has 2 aromatic heterocycles. The van der Waals surface area contributed by atoms with Crippen LogP contribution in [0.2, 0.25) is 0 Å². The molecule has 22 heavy (non-hydrogen) atoms. The zero-order chi connectivity index (χ0) is 15.2. The highest BCUT2D eigenvalue weighted by Gasteiger charge is 2.15. The predicted molar refractivity (Wildman–Crippen MR) is 81.7 cm³/mol. The molecule has 3 rings (SSSR count). The number of rotatable bonds is 5. The number of carbonyl (C=O) groups is 1. The summed E-state index contributed by atoms with van der Waals surface area (Å²) in [6, 6.07) is 6.88. The summed E-state index contributed by atoms with van der Waals surface area (Å²) < 4.78 is 5.53. The molecule has 1 aliphatic rings. The maximum absolute atomic E-state index is 11.9. The van der Waals surface area contributed by atoms with Gasteiger partial charge in [-0.1, -0.05) is 0 Å². The van der Waals surface area contributed by atoms with Crippen molar-refractivity contribution in [1.29, 1.82) is 0 Å². The van der Waals surface area contributed by atoms with Gasteiger partial charge in [-0.3, -0.25) is 9.78 Å². The van der Waals surface area contributed by atoms with Crippen LogP contribution in [0.5, 0.6) is 0 Å². The second-order valence-electron chi connectivity index (χ2n) is 5.02. The van der Waals surface area contributed by atoms with Crippen LogP contribution in [0.3, 0.4) is 0 Å². The molecule has 7 nitrogen and oxygen atoms in total. The van der Waals surface area contributed by atoms with E-state index in [9.17, 15) is 4.79 Å². The van der Waals surface area contributed by atoms with Crippen molar-refractivity contribution in [3.8, 4) is 0 Å². The molecule has 1 fully saturated rings. The van der Waals surface area contributed by atoms with Gasteiger partial charge in [-0.2, -0.15) is 0 Å². The summed E-state index contributed by atoms with van der Waals surface area (Å²) in [5.41, 5.74) is 0.477. The van der Waals surface area contributed by atoms with E-state index in [1.165, 1.54) is 6.20 Å². The minimum absolute atomic E-state index is 0.242. The molecule has 1 amide bonds. The van der Waals surface area contributed by atoms with E-state index in [1.807, 2.05) is 0 Å². The number of carbonyl (C=O) groups excluding carboxylic acids is 1. The van der Waals surface area contributed by atoms with Crippen molar-refractivity contribution >= 4 is 17.5 Å². The first kappa shape index (κ1) is 14.4. The van der Waals surface area contributed by atoms with Crippen molar-refractivity contribution in [1.82, 2.24) is 15.2 Å². The third kappa shape index (κ3) is 3.76. The van der Waals surface area contributed by atoms with Crippen molar-refractivity contribution in [3.05, 3.63) is 42.2 Å². The fraction of sp³-hybridized carbons (Fsp3) is 0.333. The summed E-state index contributed by atoms with van der Waals surface area (Å²) in [6.45, 7) is 1.55. The molecular formula is C15H17N5O2. The number of anilines is 2. The van der Waals surface area contributed by atoms with Gasteiger partial charge in [-0.05, 0) is 37.1 Å². The molecule has 3 heterocycles. The summed E-state index contributed by atoms with van der Waals surface area (Å²) in [6.07, 6.45) is 5.54. The van der Waals surface area contributed by atoms with Crippen LogP contribution in [0.25, 0.3) is 0 Å². The lowest BCUT2D eigenvalue weighted by atomic mass is 10.2. The van der Waals surface area contributed by atoms with E-state index in [2.05, 4.69) is 25.8 Å². The Morgan fingerprint density at radius 2 is 2.14 bits per heavy atom. The smallest absolute Gasteiger partial charge is 0.258 e.